The van der Waals surface area contributed by atoms with E-state index in [1.54, 1.807) is 24.3 Å². The fourth-order valence-corrected chi connectivity index (χ4v) is 2.56. The van der Waals surface area contributed by atoms with Gasteiger partial charge in [-0.15, -0.1) is 0 Å². The number of aliphatic imine (C=N–C) groups is 1. The molecule has 29 heavy (non-hydrogen) atoms. The maximum atomic E-state index is 12.2. The minimum absolute atomic E-state index is 0.0777. The number of ether oxygens (including phenoxy) is 1. The number of aliphatic carboxylic acids is 1. The molecule has 0 bridgehead atoms. The van der Waals surface area contributed by atoms with Gasteiger partial charge >= 0.3 is 11.9 Å². The molecule has 1 amide bonds. The Balaban J connectivity index is 1.95. The van der Waals surface area contributed by atoms with Crippen LogP contribution in [0.15, 0.2) is 47.5 Å². The SMILES string of the molecule is NC(N)=Nc1ccc(C(=O)Oc2ccc(CCC(=O)NCC(=O)O)c(Cl)c2)cc1. The van der Waals surface area contributed by atoms with Gasteiger partial charge < -0.3 is 26.6 Å². The van der Waals surface area contributed by atoms with Crippen LogP contribution in [0.4, 0.5) is 5.69 Å². The highest BCUT2D eigenvalue weighted by Crippen LogP contribution is 2.24. The van der Waals surface area contributed by atoms with E-state index in [2.05, 4.69) is 10.3 Å². The smallest absolute Gasteiger partial charge is 0.343 e. The fourth-order valence-electron chi connectivity index (χ4n) is 2.29. The summed E-state index contributed by atoms with van der Waals surface area (Å²) in [6.45, 7) is -0.436. The van der Waals surface area contributed by atoms with E-state index < -0.39 is 24.4 Å². The molecule has 0 unspecified atom stereocenters. The average Bonchev–Trinajstić information content (AvgIpc) is 2.65. The van der Waals surface area contributed by atoms with Crippen LogP contribution >= 0.6 is 11.6 Å². The third-order valence-electron chi connectivity index (χ3n) is 3.65. The van der Waals surface area contributed by atoms with E-state index in [9.17, 15) is 14.4 Å². The lowest BCUT2D eigenvalue weighted by Gasteiger charge is -2.08. The summed E-state index contributed by atoms with van der Waals surface area (Å²) in [5, 5.41) is 11.1. The number of carbonyl (C=O) groups is 3. The molecule has 0 spiro atoms. The number of carboxylic acid groups (broad SMARTS) is 1. The Morgan fingerprint density at radius 1 is 1.10 bits per heavy atom. The minimum atomic E-state index is -1.12. The standard InChI is InChI=1S/C19H19ClN4O5/c20-15-9-14(7-3-11(15)4-8-16(25)23-10-17(26)27)29-18(28)12-1-5-13(6-2-12)24-19(21)22/h1-3,5-7,9H,4,8,10H2,(H,23,25)(H,26,27)(H4,21,22,24). The van der Waals surface area contributed by atoms with E-state index in [4.69, 9.17) is 32.9 Å². The van der Waals surface area contributed by atoms with Crippen molar-refractivity contribution in [3.05, 3.63) is 58.6 Å². The molecule has 6 N–H and O–H groups in total. The van der Waals surface area contributed by atoms with Gasteiger partial charge in [-0.05, 0) is 48.4 Å². The number of carboxylic acids is 1. The largest absolute Gasteiger partial charge is 0.480 e. The van der Waals surface area contributed by atoms with E-state index in [0.29, 0.717) is 28.3 Å². The van der Waals surface area contributed by atoms with Gasteiger partial charge in [0, 0.05) is 11.4 Å². The average molecular weight is 419 g/mol. The van der Waals surface area contributed by atoms with Gasteiger partial charge in [0.05, 0.1) is 11.3 Å². The molecule has 2 rings (SSSR count). The van der Waals surface area contributed by atoms with Gasteiger partial charge in [-0.3, -0.25) is 9.59 Å². The summed E-state index contributed by atoms with van der Waals surface area (Å²) < 4.78 is 5.29. The van der Waals surface area contributed by atoms with E-state index in [1.807, 2.05) is 0 Å². The quantitative estimate of drug-likeness (QED) is 0.219. The molecule has 0 saturated heterocycles. The first-order chi connectivity index (χ1) is 13.7. The lowest BCUT2D eigenvalue weighted by atomic mass is 10.1. The number of hydrogen-bond acceptors (Lipinski definition) is 5. The highest BCUT2D eigenvalue weighted by atomic mass is 35.5. The zero-order valence-electron chi connectivity index (χ0n) is 15.2. The number of esters is 1. The van der Waals surface area contributed by atoms with Crippen LogP contribution in [-0.2, 0) is 16.0 Å². The molecule has 0 aliphatic heterocycles. The summed E-state index contributed by atoms with van der Waals surface area (Å²) in [4.78, 5) is 38.1. The number of rotatable bonds is 8. The van der Waals surface area contributed by atoms with Crippen molar-refractivity contribution in [2.75, 3.05) is 6.54 Å². The molecule has 0 heterocycles. The van der Waals surface area contributed by atoms with Gasteiger partial charge in [0.25, 0.3) is 0 Å². The summed E-state index contributed by atoms with van der Waals surface area (Å²) in [5.74, 6) is -1.95. The van der Waals surface area contributed by atoms with Crippen LogP contribution in [0.25, 0.3) is 0 Å². The van der Waals surface area contributed by atoms with Crippen molar-refractivity contribution in [3.63, 3.8) is 0 Å². The number of guanidine groups is 1. The van der Waals surface area contributed by atoms with Crippen molar-refractivity contribution in [2.45, 2.75) is 12.8 Å². The zero-order chi connectivity index (χ0) is 21.4. The minimum Gasteiger partial charge on any atom is -0.480 e. The fraction of sp³-hybridized carbons (Fsp3) is 0.158. The predicted octanol–water partition coefficient (Wildman–Crippen LogP) is 1.60. The Kier molecular flexibility index (Phi) is 7.55. The molecule has 0 radical (unpaired) electrons. The first-order valence-corrected chi connectivity index (χ1v) is 8.81. The van der Waals surface area contributed by atoms with Gasteiger partial charge in [0.1, 0.15) is 12.3 Å². The molecule has 9 nitrogen and oxygen atoms in total. The Hall–Kier alpha value is -3.59. The van der Waals surface area contributed by atoms with Crippen LogP contribution in [0.1, 0.15) is 22.3 Å². The van der Waals surface area contributed by atoms with E-state index >= 15 is 0 Å². The van der Waals surface area contributed by atoms with Crippen LogP contribution < -0.4 is 21.5 Å². The van der Waals surface area contributed by atoms with Crippen molar-refractivity contribution in [2.24, 2.45) is 16.5 Å². The van der Waals surface area contributed by atoms with E-state index in [1.165, 1.54) is 18.2 Å². The molecular formula is C19H19ClN4O5. The number of nitrogens with two attached hydrogens (primary N) is 2. The summed E-state index contributed by atoms with van der Waals surface area (Å²) in [7, 11) is 0. The molecule has 0 saturated carbocycles. The van der Waals surface area contributed by atoms with Crippen LogP contribution in [0, 0.1) is 0 Å². The monoisotopic (exact) mass is 418 g/mol. The Morgan fingerprint density at radius 3 is 2.38 bits per heavy atom. The topological polar surface area (TPSA) is 157 Å². The first kappa shape index (κ1) is 21.7. The highest BCUT2D eigenvalue weighted by molar-refractivity contribution is 6.31. The number of aryl methyl sites for hydroxylation is 1. The molecule has 0 fully saturated rings. The Labute approximate surface area is 171 Å². The molecular weight excluding hydrogens is 400 g/mol. The molecule has 0 aromatic heterocycles. The number of nitrogens with one attached hydrogen (secondary N) is 1. The lowest BCUT2D eigenvalue weighted by molar-refractivity contribution is -0.137. The number of amides is 1. The second kappa shape index (κ2) is 10.1. The maximum absolute atomic E-state index is 12.2. The molecule has 2 aromatic carbocycles. The van der Waals surface area contributed by atoms with Crippen molar-refractivity contribution >= 4 is 41.1 Å². The van der Waals surface area contributed by atoms with Crippen molar-refractivity contribution < 1.29 is 24.2 Å². The highest BCUT2D eigenvalue weighted by Gasteiger charge is 2.11. The van der Waals surface area contributed by atoms with E-state index in [-0.39, 0.29) is 18.1 Å². The third-order valence-corrected chi connectivity index (χ3v) is 4.01. The second-order valence-electron chi connectivity index (χ2n) is 5.90. The molecule has 2 aromatic rings. The zero-order valence-corrected chi connectivity index (χ0v) is 16.0. The molecule has 152 valence electrons. The Morgan fingerprint density at radius 2 is 1.79 bits per heavy atom. The maximum Gasteiger partial charge on any atom is 0.343 e. The molecule has 0 atom stereocenters. The van der Waals surface area contributed by atoms with Crippen LogP contribution in [0.3, 0.4) is 0 Å². The molecule has 10 heteroatoms. The predicted molar refractivity (Wildman–Crippen MR) is 107 cm³/mol. The summed E-state index contributed by atoms with van der Waals surface area (Å²) in [5.41, 5.74) is 12.1. The first-order valence-electron chi connectivity index (χ1n) is 8.43. The molecule has 0 aliphatic rings. The number of halogens is 1. The van der Waals surface area contributed by atoms with Crippen LogP contribution in [0.2, 0.25) is 5.02 Å². The summed E-state index contributed by atoms with van der Waals surface area (Å²) in [6, 6.07) is 10.9. The number of nitrogens with zero attached hydrogens (tertiary/aromatic N) is 1. The lowest BCUT2D eigenvalue weighted by Crippen LogP contribution is -2.29. The Bertz CT molecular complexity index is 940. The van der Waals surface area contributed by atoms with Gasteiger partial charge in [-0.25, -0.2) is 9.79 Å². The van der Waals surface area contributed by atoms with Crippen molar-refractivity contribution in [1.82, 2.24) is 5.32 Å². The van der Waals surface area contributed by atoms with Crippen molar-refractivity contribution in [1.29, 1.82) is 0 Å². The van der Waals surface area contributed by atoms with Crippen molar-refractivity contribution in [3.8, 4) is 5.75 Å². The normalized spacial score (nSPS) is 10.1. The van der Waals surface area contributed by atoms with Crippen LogP contribution in [-0.4, -0.2) is 35.5 Å². The van der Waals surface area contributed by atoms with E-state index in [0.717, 1.165) is 0 Å². The summed E-state index contributed by atoms with van der Waals surface area (Å²) in [6.07, 6.45) is 0.388. The van der Waals surface area contributed by atoms with Gasteiger partial charge in [0.2, 0.25) is 5.91 Å². The van der Waals surface area contributed by atoms with Gasteiger partial charge in [0.15, 0.2) is 5.96 Å². The third kappa shape index (κ3) is 7.15. The van der Waals surface area contributed by atoms with Gasteiger partial charge in [-0.2, -0.15) is 0 Å². The second-order valence-corrected chi connectivity index (χ2v) is 6.30. The number of hydrogen-bond donors (Lipinski definition) is 4. The molecule has 0 aliphatic carbocycles. The summed E-state index contributed by atoms with van der Waals surface area (Å²) >= 11 is 6.18. The number of benzene rings is 2. The number of carbonyl (C=O) groups excluding carboxylic acids is 2. The van der Waals surface area contributed by atoms with Gasteiger partial charge in [-0.1, -0.05) is 17.7 Å². The van der Waals surface area contributed by atoms with Crippen LogP contribution in [0.5, 0.6) is 5.75 Å².